The summed E-state index contributed by atoms with van der Waals surface area (Å²) < 4.78 is 29.7. The highest BCUT2D eigenvalue weighted by atomic mass is 32.2. The second-order valence-electron chi connectivity index (χ2n) is 14.1. The molecule has 0 aromatic heterocycles. The Morgan fingerprint density at radius 2 is 1.64 bits per heavy atom. The number of fused-ring (bicyclic) bond motifs is 1. The Balaban J connectivity index is 1.32. The highest BCUT2D eigenvalue weighted by Crippen LogP contribution is 2.28. The molecule has 11 heteroatoms. The summed E-state index contributed by atoms with van der Waals surface area (Å²) in [7, 11) is -1.11. The molecule has 0 aliphatic carbocycles. The van der Waals surface area contributed by atoms with Crippen molar-refractivity contribution in [2.24, 2.45) is 5.92 Å². The fourth-order valence-electron chi connectivity index (χ4n) is 6.40. The summed E-state index contributed by atoms with van der Waals surface area (Å²) in [4.78, 5) is 29.4. The number of ether oxygens (including phenoxy) is 3. The minimum atomic E-state index is -1.11. The third-order valence-corrected chi connectivity index (χ3v) is 10.3. The topological polar surface area (TPSA) is 126 Å². The van der Waals surface area contributed by atoms with E-state index in [1.807, 2.05) is 78.9 Å². The van der Waals surface area contributed by atoms with Crippen molar-refractivity contribution < 1.29 is 33.1 Å². The van der Waals surface area contributed by atoms with E-state index < -0.39 is 46.6 Å². The third kappa shape index (κ3) is 11.7. The number of hydrogen-bond donors (Lipinski definition) is 3. The van der Waals surface area contributed by atoms with Crippen molar-refractivity contribution in [2.75, 3.05) is 45.2 Å². The van der Waals surface area contributed by atoms with Gasteiger partial charge in [0.15, 0.2) is 0 Å². The van der Waals surface area contributed by atoms with E-state index >= 15 is 0 Å². The maximum Gasteiger partial charge on any atom is 0.407 e. The quantitative estimate of drug-likeness (QED) is 0.223. The maximum atomic E-state index is 14.1. The van der Waals surface area contributed by atoms with Crippen molar-refractivity contribution >= 4 is 22.8 Å². The number of aliphatic hydroxyl groups is 1. The molecular weight excluding hydrogens is 655 g/mol. The number of nitrogens with one attached hydrogen (secondary N) is 2. The standard InChI is InChI=1S/C39H51N3O7S/c1-39(2,3)49-38(45)41-34(24-28-9-5-4-6-10-28)36(43)25-31(37(44)40-35-27-50(46)26-30-11-7-8-12-33(30)35)23-29-13-15-32(16-14-29)48-22-19-42-17-20-47-21-18-42/h4-16,31,34-36,43H,17-27H2,1-3H3,(H,40,44)(H,41,45)/t31-,34+,35-,36+,50?/m1/s1. The Hall–Kier alpha value is -3.77. The third-order valence-electron chi connectivity index (χ3n) is 8.96. The number of alkyl carbamates (subject to hydrolysis) is 1. The van der Waals surface area contributed by atoms with Gasteiger partial charge in [-0.05, 0) is 74.4 Å². The van der Waals surface area contributed by atoms with Crippen LogP contribution in [0.3, 0.4) is 0 Å². The molecule has 5 rings (SSSR count). The summed E-state index contributed by atoms with van der Waals surface area (Å²) >= 11 is 0. The van der Waals surface area contributed by atoms with Gasteiger partial charge in [-0.3, -0.25) is 13.9 Å². The Labute approximate surface area is 298 Å². The number of amides is 2. The Morgan fingerprint density at radius 3 is 2.36 bits per heavy atom. The first-order chi connectivity index (χ1) is 24.0. The summed E-state index contributed by atoms with van der Waals surface area (Å²) in [6, 6.07) is 23.9. The number of nitrogens with zero attached hydrogens (tertiary/aromatic N) is 1. The van der Waals surface area contributed by atoms with Gasteiger partial charge in [0.1, 0.15) is 18.0 Å². The van der Waals surface area contributed by atoms with Crippen LogP contribution in [0, 0.1) is 5.92 Å². The normalized spacial score (nSPS) is 19.8. The molecule has 0 bridgehead atoms. The highest BCUT2D eigenvalue weighted by Gasteiger charge is 2.33. The van der Waals surface area contributed by atoms with Gasteiger partial charge in [0, 0.05) is 47.9 Å². The number of rotatable bonds is 14. The van der Waals surface area contributed by atoms with Crippen molar-refractivity contribution in [3.05, 3.63) is 101 Å². The van der Waals surface area contributed by atoms with Gasteiger partial charge < -0.3 is 30.0 Å². The van der Waals surface area contributed by atoms with E-state index in [9.17, 15) is 18.9 Å². The molecule has 2 heterocycles. The second-order valence-corrected chi connectivity index (χ2v) is 15.6. The molecule has 0 radical (unpaired) electrons. The van der Waals surface area contributed by atoms with Gasteiger partial charge in [-0.1, -0.05) is 66.7 Å². The first-order valence-electron chi connectivity index (χ1n) is 17.5. The Kier molecular flexibility index (Phi) is 13.4. The molecule has 3 aromatic rings. The second kappa shape index (κ2) is 17.9. The predicted octanol–water partition coefficient (Wildman–Crippen LogP) is 4.56. The molecule has 10 nitrogen and oxygen atoms in total. The van der Waals surface area contributed by atoms with Gasteiger partial charge in [-0.25, -0.2) is 4.79 Å². The average molecular weight is 706 g/mol. The smallest absolute Gasteiger partial charge is 0.407 e. The summed E-state index contributed by atoms with van der Waals surface area (Å²) in [5.41, 5.74) is 3.05. The lowest BCUT2D eigenvalue weighted by Gasteiger charge is -2.31. The molecular formula is C39H51N3O7S. The van der Waals surface area contributed by atoms with Crippen LogP contribution in [0.2, 0.25) is 0 Å². The first-order valence-corrected chi connectivity index (χ1v) is 19.0. The molecule has 3 aromatic carbocycles. The van der Waals surface area contributed by atoms with Crippen LogP contribution in [-0.2, 0) is 43.7 Å². The van der Waals surface area contributed by atoms with Crippen LogP contribution in [0.15, 0.2) is 78.9 Å². The highest BCUT2D eigenvalue weighted by molar-refractivity contribution is 7.84. The van der Waals surface area contributed by atoms with E-state index in [1.165, 1.54) is 0 Å². The van der Waals surface area contributed by atoms with Gasteiger partial charge in [0.2, 0.25) is 5.91 Å². The summed E-state index contributed by atoms with van der Waals surface area (Å²) in [6.07, 6.45) is -0.938. The molecule has 0 saturated carbocycles. The summed E-state index contributed by atoms with van der Waals surface area (Å²) in [5.74, 6) is 0.631. The number of carbonyl (C=O) groups is 2. The van der Waals surface area contributed by atoms with E-state index in [0.717, 1.165) is 60.9 Å². The SMILES string of the molecule is CC(C)(C)OC(=O)N[C@@H](Cc1ccccc1)[C@@H](O)C[C@@H](Cc1ccc(OCCN2CCOCC2)cc1)C(=O)N[C@@H]1CS(=O)Cc2ccccc21. The van der Waals surface area contributed by atoms with Crippen molar-refractivity contribution in [1.29, 1.82) is 0 Å². The molecule has 1 unspecified atom stereocenters. The number of hydrogen-bond acceptors (Lipinski definition) is 8. The van der Waals surface area contributed by atoms with E-state index in [0.29, 0.717) is 31.0 Å². The Bertz CT molecular complexity index is 1560. The van der Waals surface area contributed by atoms with Crippen LogP contribution >= 0.6 is 0 Å². The molecule has 5 atom stereocenters. The fraction of sp³-hybridized carbons (Fsp3) is 0.487. The lowest BCUT2D eigenvalue weighted by Crippen LogP contribution is -2.48. The number of aliphatic hydroxyl groups excluding tert-OH is 1. The number of morpholine rings is 1. The first kappa shape index (κ1) is 37.5. The van der Waals surface area contributed by atoms with Crippen molar-refractivity contribution in [2.45, 2.75) is 69.6 Å². The average Bonchev–Trinajstić information content (AvgIpc) is 3.08. The molecule has 0 spiro atoms. The zero-order chi connectivity index (χ0) is 35.5. The number of carbonyl (C=O) groups excluding carboxylic acids is 2. The van der Waals surface area contributed by atoms with Crippen LogP contribution in [0.4, 0.5) is 4.79 Å². The van der Waals surface area contributed by atoms with Crippen LogP contribution < -0.4 is 15.4 Å². The minimum absolute atomic E-state index is 0.0778. The lowest BCUT2D eigenvalue weighted by molar-refractivity contribution is -0.126. The van der Waals surface area contributed by atoms with Crippen LogP contribution in [0.5, 0.6) is 5.75 Å². The molecule has 270 valence electrons. The summed E-state index contributed by atoms with van der Waals surface area (Å²) in [6.45, 7) is 10.0. The van der Waals surface area contributed by atoms with Gasteiger partial charge >= 0.3 is 6.09 Å². The van der Waals surface area contributed by atoms with E-state index in [-0.39, 0.29) is 12.3 Å². The Morgan fingerprint density at radius 1 is 0.960 bits per heavy atom. The van der Waals surface area contributed by atoms with Crippen LogP contribution in [-0.4, -0.2) is 89.2 Å². The van der Waals surface area contributed by atoms with Crippen molar-refractivity contribution in [3.63, 3.8) is 0 Å². The molecule has 2 amide bonds. The summed E-state index contributed by atoms with van der Waals surface area (Å²) in [5, 5.41) is 17.8. The molecule has 2 aliphatic rings. The zero-order valence-electron chi connectivity index (χ0n) is 29.3. The fourth-order valence-corrected chi connectivity index (χ4v) is 7.76. The van der Waals surface area contributed by atoms with Crippen LogP contribution in [0.25, 0.3) is 0 Å². The van der Waals surface area contributed by atoms with Gasteiger partial charge in [0.25, 0.3) is 0 Å². The van der Waals surface area contributed by atoms with Gasteiger partial charge in [0.05, 0.1) is 31.4 Å². The van der Waals surface area contributed by atoms with E-state index in [4.69, 9.17) is 14.2 Å². The lowest BCUT2D eigenvalue weighted by atomic mass is 9.88. The molecule has 3 N–H and O–H groups in total. The van der Waals surface area contributed by atoms with E-state index in [2.05, 4.69) is 15.5 Å². The molecule has 50 heavy (non-hydrogen) atoms. The minimum Gasteiger partial charge on any atom is -0.492 e. The van der Waals surface area contributed by atoms with E-state index in [1.54, 1.807) is 20.8 Å². The zero-order valence-corrected chi connectivity index (χ0v) is 30.2. The molecule has 2 aliphatic heterocycles. The largest absolute Gasteiger partial charge is 0.492 e. The monoisotopic (exact) mass is 705 g/mol. The maximum absolute atomic E-state index is 14.1. The van der Waals surface area contributed by atoms with Crippen molar-refractivity contribution in [1.82, 2.24) is 15.5 Å². The van der Waals surface area contributed by atoms with Gasteiger partial charge in [-0.15, -0.1) is 0 Å². The van der Waals surface area contributed by atoms with Crippen molar-refractivity contribution in [3.8, 4) is 5.75 Å². The molecule has 1 fully saturated rings. The van der Waals surface area contributed by atoms with Crippen LogP contribution in [0.1, 0.15) is 55.5 Å². The van der Waals surface area contributed by atoms with Gasteiger partial charge in [-0.2, -0.15) is 0 Å². The predicted molar refractivity (Wildman–Crippen MR) is 194 cm³/mol. The molecule has 1 saturated heterocycles. The number of benzene rings is 3.